The molecule has 2 aliphatic rings. The number of ether oxygens (including phenoxy) is 1. The maximum absolute atomic E-state index is 12.8. The van der Waals surface area contributed by atoms with E-state index in [2.05, 4.69) is 20.8 Å². The van der Waals surface area contributed by atoms with Crippen molar-refractivity contribution in [3.8, 4) is 22.4 Å². The Hall–Kier alpha value is -3.62. The molecule has 8 nitrogen and oxygen atoms in total. The molecule has 2 amide bonds. The number of aromatic nitrogens is 2. The summed E-state index contributed by atoms with van der Waals surface area (Å²) in [6.45, 7) is 2.59. The van der Waals surface area contributed by atoms with Crippen LogP contribution in [0, 0.1) is 5.92 Å². The molecule has 37 heavy (non-hydrogen) atoms. The second-order valence-corrected chi connectivity index (χ2v) is 10.3. The second kappa shape index (κ2) is 10.8. The first-order valence-electron chi connectivity index (χ1n) is 12.9. The molecule has 0 radical (unpaired) electrons. The summed E-state index contributed by atoms with van der Waals surface area (Å²) in [7, 11) is 0. The van der Waals surface area contributed by atoms with Crippen molar-refractivity contribution in [3.05, 3.63) is 66.2 Å². The van der Waals surface area contributed by atoms with E-state index in [0.29, 0.717) is 31.4 Å². The largest absolute Gasteiger partial charge is 0.377 e. The van der Waals surface area contributed by atoms with E-state index >= 15 is 0 Å². The van der Waals surface area contributed by atoms with Crippen LogP contribution in [0.2, 0.25) is 0 Å². The van der Waals surface area contributed by atoms with Crippen molar-refractivity contribution >= 4 is 17.6 Å². The van der Waals surface area contributed by atoms with Crippen molar-refractivity contribution in [3.63, 3.8) is 0 Å². The average Bonchev–Trinajstić information content (AvgIpc) is 2.89. The molecular weight excluding hydrogens is 466 g/mol. The summed E-state index contributed by atoms with van der Waals surface area (Å²) in [5.74, 6) is 0.675. The van der Waals surface area contributed by atoms with Crippen molar-refractivity contribution in [1.82, 2.24) is 15.5 Å². The van der Waals surface area contributed by atoms with Gasteiger partial charge >= 0.3 is 0 Å². The Morgan fingerprint density at radius 3 is 2.30 bits per heavy atom. The normalized spacial score (nSPS) is 20.5. The lowest BCUT2D eigenvalue weighted by molar-refractivity contribution is -0.120. The molecule has 2 aromatic carbocycles. The number of carbonyl (C=O) groups is 2. The number of hydrogen-bond donors (Lipinski definition) is 3. The van der Waals surface area contributed by atoms with Crippen LogP contribution >= 0.6 is 0 Å². The molecule has 0 unspecified atom stereocenters. The Kier molecular flexibility index (Phi) is 7.30. The first-order chi connectivity index (χ1) is 17.9. The summed E-state index contributed by atoms with van der Waals surface area (Å²) in [6, 6.07) is 20.1. The smallest absolute Gasteiger partial charge is 0.225 e. The summed E-state index contributed by atoms with van der Waals surface area (Å²) in [4.78, 5) is 24.1. The van der Waals surface area contributed by atoms with E-state index in [1.165, 1.54) is 0 Å². The van der Waals surface area contributed by atoms with Crippen LogP contribution in [0.4, 0.5) is 5.82 Å². The lowest BCUT2D eigenvalue weighted by atomic mass is 9.84. The third-order valence-electron chi connectivity index (χ3n) is 7.33. The predicted molar refractivity (Wildman–Crippen MR) is 142 cm³/mol. The first-order valence-corrected chi connectivity index (χ1v) is 12.9. The van der Waals surface area contributed by atoms with Crippen LogP contribution in [0.5, 0.6) is 0 Å². The number of hydrogen-bond acceptors (Lipinski definition) is 6. The number of anilines is 1. The highest BCUT2D eigenvalue weighted by atomic mass is 16.5. The third kappa shape index (κ3) is 5.87. The van der Waals surface area contributed by atoms with Crippen LogP contribution in [0.1, 0.15) is 44.6 Å². The molecule has 8 heteroatoms. The Bertz CT molecular complexity index is 1250. The zero-order valence-corrected chi connectivity index (χ0v) is 21.1. The van der Waals surface area contributed by atoms with Gasteiger partial charge < -0.3 is 21.1 Å². The monoisotopic (exact) mass is 499 g/mol. The molecule has 1 saturated heterocycles. The van der Waals surface area contributed by atoms with Gasteiger partial charge in [-0.05, 0) is 48.8 Å². The summed E-state index contributed by atoms with van der Waals surface area (Å²) >= 11 is 0. The summed E-state index contributed by atoms with van der Waals surface area (Å²) in [5.41, 5.74) is 10.5. The Labute approximate surface area is 217 Å². The molecule has 4 N–H and O–H groups in total. The van der Waals surface area contributed by atoms with Gasteiger partial charge in [-0.1, -0.05) is 54.6 Å². The van der Waals surface area contributed by atoms with Crippen molar-refractivity contribution in [2.75, 3.05) is 18.5 Å². The van der Waals surface area contributed by atoms with Crippen molar-refractivity contribution < 1.29 is 14.3 Å². The fraction of sp³-hybridized carbons (Fsp3) is 0.379. The zero-order valence-electron chi connectivity index (χ0n) is 21.1. The molecule has 0 bridgehead atoms. The fourth-order valence-electron chi connectivity index (χ4n) is 5.21. The molecular formula is C29H33N5O3. The number of amides is 2. The number of nitrogens with one attached hydrogen (secondary N) is 2. The van der Waals surface area contributed by atoms with Crippen LogP contribution < -0.4 is 16.4 Å². The average molecular weight is 500 g/mol. The highest BCUT2D eigenvalue weighted by Gasteiger charge is 2.36. The van der Waals surface area contributed by atoms with E-state index < -0.39 is 5.54 Å². The quantitative estimate of drug-likeness (QED) is 0.452. The van der Waals surface area contributed by atoms with Crippen molar-refractivity contribution in [2.24, 2.45) is 11.7 Å². The molecule has 0 spiro atoms. The van der Waals surface area contributed by atoms with Crippen LogP contribution in [-0.2, 0) is 19.9 Å². The minimum atomic E-state index is -0.427. The molecule has 5 rings (SSSR count). The molecule has 1 aromatic heterocycles. The topological polar surface area (TPSA) is 119 Å². The number of nitrogens with two attached hydrogens (primary N) is 1. The molecule has 3 aromatic rings. The summed E-state index contributed by atoms with van der Waals surface area (Å²) < 4.78 is 5.30. The number of carbonyl (C=O) groups excluding carboxylic acids is 2. The predicted octanol–water partition coefficient (Wildman–Crippen LogP) is 4.02. The Morgan fingerprint density at radius 2 is 1.68 bits per heavy atom. The van der Waals surface area contributed by atoms with Gasteiger partial charge in [-0.15, -0.1) is 10.2 Å². The molecule has 2 heterocycles. The maximum Gasteiger partial charge on any atom is 0.225 e. The minimum absolute atomic E-state index is 0.00429. The number of rotatable bonds is 7. The van der Waals surface area contributed by atoms with Gasteiger partial charge in [0.05, 0.1) is 18.8 Å². The van der Waals surface area contributed by atoms with Crippen molar-refractivity contribution in [2.45, 2.75) is 50.6 Å². The van der Waals surface area contributed by atoms with Gasteiger partial charge in [0, 0.05) is 30.5 Å². The summed E-state index contributed by atoms with van der Waals surface area (Å²) in [5, 5.41) is 14.8. The molecule has 2 fully saturated rings. The number of benzene rings is 2. The SMILES string of the molecule is CC(=O)N[C@H]1CC[C@H](CC(=O)Nc2cc(-c3ccccc3)c(-c3ccc(C4(N)COC4)cc3)nn2)CC1. The van der Waals surface area contributed by atoms with Gasteiger partial charge in [-0.2, -0.15) is 0 Å². The van der Waals surface area contributed by atoms with E-state index in [0.717, 1.165) is 53.6 Å². The number of nitrogens with zero attached hydrogens (tertiary/aromatic N) is 2. The Balaban J connectivity index is 1.31. The van der Waals surface area contributed by atoms with Gasteiger partial charge in [-0.25, -0.2) is 0 Å². The van der Waals surface area contributed by atoms with Crippen LogP contribution in [0.15, 0.2) is 60.7 Å². The maximum atomic E-state index is 12.8. The van der Waals surface area contributed by atoms with E-state index in [1.807, 2.05) is 60.7 Å². The first kappa shape index (κ1) is 25.0. The standard InChI is InChI=1S/C29H33N5O3/c1-19(35)31-24-13-7-20(8-14-24)15-27(36)32-26-16-25(21-5-3-2-4-6-21)28(34-33-26)22-9-11-23(12-10-22)29(30)17-37-18-29/h2-6,9-12,16,20,24H,7-8,13-15,17-18,30H2,1H3,(H,31,35)(H,32,33,36)/t20-,24-. The zero-order chi connectivity index (χ0) is 25.8. The van der Waals surface area contributed by atoms with Crippen LogP contribution in [-0.4, -0.2) is 41.3 Å². The van der Waals surface area contributed by atoms with E-state index in [-0.39, 0.29) is 17.9 Å². The van der Waals surface area contributed by atoms with Crippen LogP contribution in [0.3, 0.4) is 0 Å². The molecule has 0 atom stereocenters. The second-order valence-electron chi connectivity index (χ2n) is 10.3. The highest BCUT2D eigenvalue weighted by Crippen LogP contribution is 2.34. The van der Waals surface area contributed by atoms with Gasteiger partial charge in [0.25, 0.3) is 0 Å². The van der Waals surface area contributed by atoms with E-state index in [9.17, 15) is 9.59 Å². The van der Waals surface area contributed by atoms with Crippen molar-refractivity contribution in [1.29, 1.82) is 0 Å². The third-order valence-corrected chi connectivity index (χ3v) is 7.33. The van der Waals surface area contributed by atoms with Gasteiger partial charge in [0.1, 0.15) is 5.69 Å². The summed E-state index contributed by atoms with van der Waals surface area (Å²) in [6.07, 6.45) is 4.08. The van der Waals surface area contributed by atoms with E-state index in [1.54, 1.807) is 6.92 Å². The molecule has 192 valence electrons. The van der Waals surface area contributed by atoms with Gasteiger partial charge in [0.15, 0.2) is 5.82 Å². The lowest BCUT2D eigenvalue weighted by Crippen LogP contribution is -2.54. The fourth-order valence-corrected chi connectivity index (χ4v) is 5.21. The molecule has 1 aliphatic carbocycles. The van der Waals surface area contributed by atoms with Gasteiger partial charge in [-0.3, -0.25) is 9.59 Å². The minimum Gasteiger partial charge on any atom is -0.377 e. The van der Waals surface area contributed by atoms with Gasteiger partial charge in [0.2, 0.25) is 11.8 Å². The molecule has 1 aliphatic heterocycles. The van der Waals surface area contributed by atoms with E-state index in [4.69, 9.17) is 10.5 Å². The lowest BCUT2D eigenvalue weighted by Gasteiger charge is -2.38. The Morgan fingerprint density at radius 1 is 0.973 bits per heavy atom. The molecule has 1 saturated carbocycles. The van der Waals surface area contributed by atoms with Crippen LogP contribution in [0.25, 0.3) is 22.4 Å². The highest BCUT2D eigenvalue weighted by molar-refractivity contribution is 5.91.